The van der Waals surface area contributed by atoms with Crippen LogP contribution in [0.2, 0.25) is 0 Å². The predicted octanol–water partition coefficient (Wildman–Crippen LogP) is 4.28. The van der Waals surface area contributed by atoms with Crippen molar-refractivity contribution in [2.45, 2.75) is 134 Å². The van der Waals surface area contributed by atoms with Crippen LogP contribution in [0.3, 0.4) is 0 Å². The molecule has 0 aromatic rings. The van der Waals surface area contributed by atoms with Gasteiger partial charge in [0.05, 0.1) is 6.61 Å². The number of unbranched alkanes of at least 4 members (excludes halogenated alkanes) is 14. The maximum Gasteiger partial charge on any atom is 0.305 e. The SMILES string of the molecule is C=C=O.CCCCCCCCCCCCCCCCCC(=O)OC[C@@H](O)[C@H]1OC[C@H](O)[C@H]1O. The molecule has 1 heterocycles. The zero-order chi connectivity index (χ0) is 24.7. The molecule has 0 unspecified atom stereocenters. The van der Waals surface area contributed by atoms with Gasteiger partial charge in [-0.05, 0) is 13.0 Å². The Bertz CT molecular complexity index is 491. The summed E-state index contributed by atoms with van der Waals surface area (Å²) in [6, 6.07) is 0. The van der Waals surface area contributed by atoms with Crippen LogP contribution in [0.1, 0.15) is 110 Å². The second kappa shape index (κ2) is 22.5. The number of rotatable bonds is 19. The molecule has 0 aliphatic carbocycles. The maximum atomic E-state index is 11.8. The monoisotopic (exact) mass is 472 g/mol. The molecule has 0 spiro atoms. The molecule has 33 heavy (non-hydrogen) atoms. The third kappa shape index (κ3) is 17.8. The molecule has 0 aromatic heterocycles. The molecule has 194 valence electrons. The molecule has 0 saturated carbocycles. The van der Waals surface area contributed by atoms with E-state index in [1.165, 1.54) is 83.0 Å². The van der Waals surface area contributed by atoms with Crippen LogP contribution in [0.15, 0.2) is 6.58 Å². The number of hydrogen-bond donors (Lipinski definition) is 3. The highest BCUT2D eigenvalue weighted by Gasteiger charge is 2.39. The minimum absolute atomic E-state index is 0.0179. The zero-order valence-corrected chi connectivity index (χ0v) is 20.7. The summed E-state index contributed by atoms with van der Waals surface area (Å²) in [5.41, 5.74) is 0. The molecule has 0 bridgehead atoms. The highest BCUT2D eigenvalue weighted by molar-refractivity contribution is 5.69. The molecular weight excluding hydrogens is 424 g/mol. The van der Waals surface area contributed by atoms with Gasteiger partial charge in [-0.3, -0.25) is 4.79 Å². The Morgan fingerprint density at radius 1 is 0.939 bits per heavy atom. The quantitative estimate of drug-likeness (QED) is 0.146. The van der Waals surface area contributed by atoms with Crippen LogP contribution >= 0.6 is 0 Å². The van der Waals surface area contributed by atoms with E-state index in [4.69, 9.17) is 14.3 Å². The zero-order valence-electron chi connectivity index (χ0n) is 20.7. The number of ether oxygens (including phenoxy) is 2. The minimum atomic E-state index is -1.14. The van der Waals surface area contributed by atoms with Crippen LogP contribution in [-0.4, -0.2) is 64.9 Å². The van der Waals surface area contributed by atoms with Crippen LogP contribution in [-0.2, 0) is 19.1 Å². The van der Waals surface area contributed by atoms with Crippen LogP contribution in [0, 0.1) is 0 Å². The predicted molar refractivity (Wildman–Crippen MR) is 130 cm³/mol. The Labute approximate surface area is 200 Å². The third-order valence-corrected chi connectivity index (χ3v) is 5.97. The highest BCUT2D eigenvalue weighted by atomic mass is 16.6. The van der Waals surface area contributed by atoms with E-state index < -0.39 is 24.4 Å². The van der Waals surface area contributed by atoms with E-state index in [9.17, 15) is 20.1 Å². The van der Waals surface area contributed by atoms with Gasteiger partial charge in [0.25, 0.3) is 0 Å². The Kier molecular flexibility index (Phi) is 21.7. The van der Waals surface area contributed by atoms with Gasteiger partial charge in [-0.25, -0.2) is 4.79 Å². The van der Waals surface area contributed by atoms with Crippen molar-refractivity contribution in [3.8, 4) is 0 Å². The smallest absolute Gasteiger partial charge is 0.305 e. The van der Waals surface area contributed by atoms with Crippen LogP contribution < -0.4 is 0 Å². The average molecular weight is 473 g/mol. The number of hydrogen-bond acceptors (Lipinski definition) is 7. The summed E-state index contributed by atoms with van der Waals surface area (Å²) in [5, 5.41) is 29.0. The van der Waals surface area contributed by atoms with Crippen molar-refractivity contribution in [3.63, 3.8) is 0 Å². The minimum Gasteiger partial charge on any atom is -0.463 e. The van der Waals surface area contributed by atoms with Crippen molar-refractivity contribution in [1.29, 1.82) is 0 Å². The lowest BCUT2D eigenvalue weighted by molar-refractivity contribution is -0.151. The lowest BCUT2D eigenvalue weighted by Crippen LogP contribution is -2.41. The molecule has 0 aromatic carbocycles. The first kappa shape index (κ1) is 31.8. The van der Waals surface area contributed by atoms with Crippen LogP contribution in [0.25, 0.3) is 0 Å². The summed E-state index contributed by atoms with van der Waals surface area (Å²) in [7, 11) is 0. The number of carbonyl (C=O) groups is 1. The molecule has 1 rings (SSSR count). The summed E-state index contributed by atoms with van der Waals surface area (Å²) in [5.74, 6) is 0.914. The molecule has 1 aliphatic rings. The summed E-state index contributed by atoms with van der Waals surface area (Å²) >= 11 is 0. The molecule has 1 aliphatic heterocycles. The molecule has 7 heteroatoms. The molecule has 3 N–H and O–H groups in total. The summed E-state index contributed by atoms with van der Waals surface area (Å²) in [4.78, 5) is 20.3. The fourth-order valence-electron chi connectivity index (χ4n) is 3.95. The summed E-state index contributed by atoms with van der Waals surface area (Å²) in [6.07, 6.45) is 15.4. The normalized spacial score (nSPS) is 20.5. The van der Waals surface area contributed by atoms with Crippen molar-refractivity contribution in [2.75, 3.05) is 13.2 Å². The lowest BCUT2D eigenvalue weighted by Gasteiger charge is -2.20. The van der Waals surface area contributed by atoms with E-state index in [0.29, 0.717) is 6.42 Å². The van der Waals surface area contributed by atoms with E-state index in [2.05, 4.69) is 13.5 Å². The van der Waals surface area contributed by atoms with E-state index in [0.717, 1.165) is 19.3 Å². The van der Waals surface area contributed by atoms with Crippen LogP contribution in [0.4, 0.5) is 0 Å². The number of aliphatic hydroxyl groups excluding tert-OH is 3. The molecule has 4 atom stereocenters. The van der Waals surface area contributed by atoms with Crippen molar-refractivity contribution < 1.29 is 34.4 Å². The molecule has 1 fully saturated rings. The Balaban J connectivity index is 0.00000322. The highest BCUT2D eigenvalue weighted by Crippen LogP contribution is 2.18. The largest absolute Gasteiger partial charge is 0.463 e. The van der Waals surface area contributed by atoms with Gasteiger partial charge in [-0.15, -0.1) is 0 Å². The van der Waals surface area contributed by atoms with Gasteiger partial charge in [0, 0.05) is 6.42 Å². The van der Waals surface area contributed by atoms with Crippen molar-refractivity contribution in [1.82, 2.24) is 0 Å². The lowest BCUT2D eigenvalue weighted by atomic mass is 10.0. The number of esters is 1. The standard InChI is InChI=1S/C24H46O6.C2H2O/c1-2-3-4-5-6-7-8-9-10-11-12-13-14-15-16-17-22(27)29-19-21(26)24-23(28)20(25)18-30-24;1-2-3/h20-21,23-26,28H,2-19H2,1H3;1H2/t20-,21+,23+,24+;/m0./s1. The molecular formula is C26H48O7. The van der Waals surface area contributed by atoms with E-state index in [-0.39, 0.29) is 19.2 Å². The van der Waals surface area contributed by atoms with Crippen molar-refractivity contribution in [2.24, 2.45) is 0 Å². The second-order valence-electron chi connectivity index (χ2n) is 8.95. The fourth-order valence-corrected chi connectivity index (χ4v) is 3.95. The Morgan fingerprint density at radius 3 is 1.76 bits per heavy atom. The Hall–Kier alpha value is -1.24. The van der Waals surface area contributed by atoms with Gasteiger partial charge in [0.15, 0.2) is 0 Å². The van der Waals surface area contributed by atoms with Gasteiger partial charge in [0.2, 0.25) is 0 Å². The van der Waals surface area contributed by atoms with Gasteiger partial charge >= 0.3 is 5.97 Å². The average Bonchev–Trinajstić information content (AvgIpc) is 3.13. The van der Waals surface area contributed by atoms with Crippen molar-refractivity contribution >= 4 is 11.9 Å². The first-order chi connectivity index (χ1) is 16.0. The summed E-state index contributed by atoms with van der Waals surface area (Å²) in [6.45, 7) is 4.71. The van der Waals surface area contributed by atoms with Gasteiger partial charge in [0.1, 0.15) is 37.0 Å². The van der Waals surface area contributed by atoms with E-state index in [1.807, 2.05) is 0 Å². The Morgan fingerprint density at radius 2 is 1.36 bits per heavy atom. The van der Waals surface area contributed by atoms with Gasteiger partial charge in [-0.2, -0.15) is 0 Å². The van der Waals surface area contributed by atoms with Crippen LogP contribution in [0.5, 0.6) is 0 Å². The second-order valence-corrected chi connectivity index (χ2v) is 8.95. The van der Waals surface area contributed by atoms with Gasteiger partial charge in [-0.1, -0.05) is 96.8 Å². The fraction of sp³-hybridized carbons (Fsp3) is 0.885. The van der Waals surface area contributed by atoms with E-state index in [1.54, 1.807) is 0 Å². The third-order valence-electron chi connectivity index (χ3n) is 5.97. The first-order valence-electron chi connectivity index (χ1n) is 12.9. The maximum absolute atomic E-state index is 11.8. The van der Waals surface area contributed by atoms with E-state index >= 15 is 0 Å². The van der Waals surface area contributed by atoms with Gasteiger partial charge < -0.3 is 24.8 Å². The molecule has 1 saturated heterocycles. The molecule has 0 radical (unpaired) electrons. The first-order valence-corrected chi connectivity index (χ1v) is 12.9. The topological polar surface area (TPSA) is 113 Å². The molecule has 7 nitrogen and oxygen atoms in total. The molecule has 0 amide bonds. The number of aliphatic hydroxyl groups is 3. The summed E-state index contributed by atoms with van der Waals surface area (Å²) < 4.78 is 10.2. The number of carbonyl (C=O) groups excluding carboxylic acids is 2. The van der Waals surface area contributed by atoms with Crippen molar-refractivity contribution in [3.05, 3.63) is 6.58 Å².